The summed E-state index contributed by atoms with van der Waals surface area (Å²) >= 11 is 0. The highest BCUT2D eigenvalue weighted by Crippen LogP contribution is 2.40. The van der Waals surface area contributed by atoms with E-state index in [2.05, 4.69) is 0 Å². The highest BCUT2D eigenvalue weighted by molar-refractivity contribution is 5.80. The van der Waals surface area contributed by atoms with Gasteiger partial charge in [-0.15, -0.1) is 0 Å². The first kappa shape index (κ1) is 13.4. The van der Waals surface area contributed by atoms with Crippen molar-refractivity contribution in [1.82, 2.24) is 0 Å². The average molecular weight is 254 g/mol. The summed E-state index contributed by atoms with van der Waals surface area (Å²) < 4.78 is 63.2. The van der Waals surface area contributed by atoms with Crippen molar-refractivity contribution < 1.29 is 31.9 Å². The minimum Gasteiger partial charge on any atom is -0.479 e. The number of halogens is 5. The van der Waals surface area contributed by atoms with E-state index in [0.29, 0.717) is 0 Å². The summed E-state index contributed by atoms with van der Waals surface area (Å²) in [4.78, 5) is 10.6. The van der Waals surface area contributed by atoms with Crippen LogP contribution >= 0.6 is 0 Å². The van der Waals surface area contributed by atoms with Crippen LogP contribution in [-0.4, -0.2) is 23.4 Å². The molecule has 0 spiro atoms. The summed E-state index contributed by atoms with van der Waals surface area (Å²) in [5, 5.41) is 8.50. The number of hydrogen-bond acceptors (Lipinski definition) is 1. The fourth-order valence-corrected chi connectivity index (χ4v) is 1.28. The first-order chi connectivity index (χ1) is 7.70. The molecular weight excluding hydrogens is 247 g/mol. The number of hydrogen-bond donors (Lipinski definition) is 1. The zero-order valence-corrected chi connectivity index (χ0v) is 8.21. The van der Waals surface area contributed by atoms with Crippen LogP contribution in [0.5, 0.6) is 0 Å². The third-order valence-electron chi connectivity index (χ3n) is 2.14. The van der Waals surface area contributed by atoms with Crippen molar-refractivity contribution in [2.45, 2.75) is 18.0 Å². The molecule has 1 aromatic carbocycles. The summed E-state index contributed by atoms with van der Waals surface area (Å²) in [6.07, 6.45) is -9.72. The Morgan fingerprint density at radius 3 is 1.94 bits per heavy atom. The number of benzene rings is 1. The van der Waals surface area contributed by atoms with Crippen LogP contribution in [0.3, 0.4) is 0 Å². The highest BCUT2D eigenvalue weighted by Gasteiger charge is 2.61. The van der Waals surface area contributed by atoms with Crippen LogP contribution in [0.4, 0.5) is 22.0 Å². The molecule has 1 aromatic rings. The monoisotopic (exact) mass is 254 g/mol. The Kier molecular flexibility index (Phi) is 3.40. The van der Waals surface area contributed by atoms with E-state index in [-0.39, 0.29) is 0 Å². The highest BCUT2D eigenvalue weighted by atomic mass is 19.4. The molecule has 0 aliphatic heterocycles. The largest absolute Gasteiger partial charge is 0.479 e. The van der Waals surface area contributed by atoms with E-state index < -0.39 is 29.5 Å². The predicted octanol–water partition coefficient (Wildman–Crippen LogP) is 2.84. The number of rotatable bonds is 3. The molecule has 0 fully saturated rings. The summed E-state index contributed by atoms with van der Waals surface area (Å²) in [5.41, 5.74) is -5.03. The molecule has 94 valence electrons. The standard InChI is InChI=1S/C10H7F5O2/c11-7(10(13,14)15)9(12,8(16)17)6-4-2-1-3-5-6/h1-5,7H,(H,16,17). The SMILES string of the molecule is O=C(O)C(F)(c1ccccc1)C(F)C(F)(F)F. The van der Waals surface area contributed by atoms with Crippen molar-refractivity contribution in [3.8, 4) is 0 Å². The molecule has 0 radical (unpaired) electrons. The van der Waals surface area contributed by atoms with Gasteiger partial charge in [0.2, 0.25) is 6.17 Å². The topological polar surface area (TPSA) is 37.3 Å². The van der Waals surface area contributed by atoms with Crippen LogP contribution in [0, 0.1) is 0 Å². The van der Waals surface area contributed by atoms with E-state index >= 15 is 0 Å². The lowest BCUT2D eigenvalue weighted by Crippen LogP contribution is -2.48. The van der Waals surface area contributed by atoms with Gasteiger partial charge in [0.25, 0.3) is 5.67 Å². The quantitative estimate of drug-likeness (QED) is 0.842. The predicted molar refractivity (Wildman–Crippen MR) is 47.8 cm³/mol. The Labute approximate surface area is 92.7 Å². The molecule has 1 N–H and O–H groups in total. The number of carbonyl (C=O) groups is 1. The average Bonchev–Trinajstić information content (AvgIpc) is 2.26. The van der Waals surface area contributed by atoms with Crippen LogP contribution in [-0.2, 0) is 10.5 Å². The van der Waals surface area contributed by atoms with E-state index in [0.717, 1.165) is 24.3 Å². The summed E-state index contributed by atoms with van der Waals surface area (Å²) in [6, 6.07) is 5.15. The van der Waals surface area contributed by atoms with Gasteiger partial charge in [0.1, 0.15) is 0 Å². The van der Waals surface area contributed by atoms with E-state index in [9.17, 15) is 26.7 Å². The molecule has 0 aromatic heterocycles. The molecular formula is C10H7F5O2. The van der Waals surface area contributed by atoms with E-state index in [1.165, 1.54) is 6.07 Å². The molecule has 0 heterocycles. The van der Waals surface area contributed by atoms with Crippen LogP contribution in [0.1, 0.15) is 5.56 Å². The van der Waals surface area contributed by atoms with Gasteiger partial charge in [0.05, 0.1) is 0 Å². The van der Waals surface area contributed by atoms with Gasteiger partial charge >= 0.3 is 12.1 Å². The molecule has 17 heavy (non-hydrogen) atoms. The maximum Gasteiger partial charge on any atom is 0.423 e. The molecule has 1 rings (SSSR count). The lowest BCUT2D eigenvalue weighted by Gasteiger charge is -2.26. The Morgan fingerprint density at radius 1 is 1.12 bits per heavy atom. The minimum atomic E-state index is -5.59. The Hall–Kier alpha value is -1.66. The van der Waals surface area contributed by atoms with Crippen molar-refractivity contribution in [3.05, 3.63) is 35.9 Å². The smallest absolute Gasteiger partial charge is 0.423 e. The van der Waals surface area contributed by atoms with Crippen LogP contribution in [0.2, 0.25) is 0 Å². The van der Waals surface area contributed by atoms with E-state index in [4.69, 9.17) is 5.11 Å². The molecule has 0 amide bonds. The summed E-state index contributed by atoms with van der Waals surface area (Å²) in [5.74, 6) is -2.52. The van der Waals surface area contributed by atoms with E-state index in [1.54, 1.807) is 0 Å². The van der Waals surface area contributed by atoms with Crippen LogP contribution in [0.25, 0.3) is 0 Å². The van der Waals surface area contributed by atoms with Gasteiger partial charge < -0.3 is 5.11 Å². The fraction of sp³-hybridized carbons (Fsp3) is 0.300. The van der Waals surface area contributed by atoms with Crippen molar-refractivity contribution in [2.24, 2.45) is 0 Å². The maximum atomic E-state index is 13.8. The van der Waals surface area contributed by atoms with Gasteiger partial charge in [-0.05, 0) is 0 Å². The summed E-state index contributed by atoms with van der Waals surface area (Å²) in [7, 11) is 0. The molecule has 2 nitrogen and oxygen atoms in total. The Bertz CT molecular complexity index is 403. The fourth-order valence-electron chi connectivity index (χ4n) is 1.28. The number of carboxylic acids is 1. The second-order valence-electron chi connectivity index (χ2n) is 3.29. The lowest BCUT2D eigenvalue weighted by molar-refractivity contribution is -0.224. The van der Waals surface area contributed by atoms with Crippen LogP contribution in [0.15, 0.2) is 30.3 Å². The van der Waals surface area contributed by atoms with Crippen molar-refractivity contribution in [1.29, 1.82) is 0 Å². The molecule has 2 unspecified atom stereocenters. The Morgan fingerprint density at radius 2 is 1.59 bits per heavy atom. The van der Waals surface area contributed by atoms with Gasteiger partial charge in [0, 0.05) is 5.56 Å². The van der Waals surface area contributed by atoms with Gasteiger partial charge in [-0.3, -0.25) is 0 Å². The number of alkyl halides is 5. The second kappa shape index (κ2) is 4.31. The van der Waals surface area contributed by atoms with Crippen LogP contribution < -0.4 is 0 Å². The third-order valence-corrected chi connectivity index (χ3v) is 2.14. The molecule has 0 saturated heterocycles. The van der Waals surface area contributed by atoms with Gasteiger partial charge in [-0.1, -0.05) is 30.3 Å². The maximum absolute atomic E-state index is 13.8. The normalized spacial score (nSPS) is 17.2. The zero-order valence-electron chi connectivity index (χ0n) is 8.21. The first-order valence-electron chi connectivity index (χ1n) is 4.39. The molecule has 0 saturated carbocycles. The van der Waals surface area contributed by atoms with Gasteiger partial charge in [-0.2, -0.15) is 13.2 Å². The van der Waals surface area contributed by atoms with Crippen molar-refractivity contribution >= 4 is 5.97 Å². The van der Waals surface area contributed by atoms with E-state index in [1.807, 2.05) is 0 Å². The van der Waals surface area contributed by atoms with Crippen molar-refractivity contribution in [2.75, 3.05) is 0 Å². The zero-order chi connectivity index (χ0) is 13.3. The van der Waals surface area contributed by atoms with Gasteiger partial charge in [0.15, 0.2) is 0 Å². The summed E-state index contributed by atoms with van der Waals surface area (Å²) in [6.45, 7) is 0. The molecule has 0 bridgehead atoms. The minimum absolute atomic E-state index is 0.784. The molecule has 0 aliphatic carbocycles. The first-order valence-corrected chi connectivity index (χ1v) is 4.39. The molecule has 2 atom stereocenters. The second-order valence-corrected chi connectivity index (χ2v) is 3.29. The molecule has 7 heteroatoms. The third kappa shape index (κ3) is 2.37. The molecule has 0 aliphatic rings. The number of carboxylic acid groups (broad SMARTS) is 1. The van der Waals surface area contributed by atoms with Crippen molar-refractivity contribution in [3.63, 3.8) is 0 Å². The Balaban J connectivity index is 3.30. The lowest BCUT2D eigenvalue weighted by atomic mass is 9.90. The number of aliphatic carboxylic acids is 1. The van der Waals surface area contributed by atoms with Gasteiger partial charge in [-0.25, -0.2) is 13.6 Å².